The van der Waals surface area contributed by atoms with Crippen LogP contribution in [-0.4, -0.2) is 36.8 Å². The van der Waals surface area contributed by atoms with Gasteiger partial charge in [0.25, 0.3) is 0 Å². The van der Waals surface area contributed by atoms with E-state index in [4.69, 9.17) is 18.0 Å². The van der Waals surface area contributed by atoms with Gasteiger partial charge in [-0.1, -0.05) is 38.9 Å². The van der Waals surface area contributed by atoms with Crippen molar-refractivity contribution < 1.29 is 22.7 Å². The van der Waals surface area contributed by atoms with Crippen LogP contribution in [0.1, 0.15) is 39.5 Å². The van der Waals surface area contributed by atoms with E-state index in [1.165, 1.54) is 0 Å². The normalized spacial score (nSPS) is 12.2. The highest BCUT2D eigenvalue weighted by Gasteiger charge is 2.39. The number of alkyl halides is 3. The molecule has 0 radical (unpaired) electrons. The Balaban J connectivity index is 4.45. The molecule has 21 heavy (non-hydrogen) atoms. The van der Waals surface area contributed by atoms with Gasteiger partial charge in [-0.3, -0.25) is 4.79 Å². The van der Waals surface area contributed by atoms with Crippen molar-refractivity contribution in [3.8, 4) is 0 Å². The number of thiocarbonyl (C=S) groups is 1. The second-order valence-electron chi connectivity index (χ2n) is 4.87. The summed E-state index contributed by atoms with van der Waals surface area (Å²) in [5, 5.41) is 2.56. The first-order valence-electron chi connectivity index (χ1n) is 6.92. The summed E-state index contributed by atoms with van der Waals surface area (Å²) < 4.78 is 40.1. The molecule has 0 rings (SSSR count). The zero-order chi connectivity index (χ0) is 16.5. The Morgan fingerprint density at radius 2 is 1.76 bits per heavy atom. The summed E-state index contributed by atoms with van der Waals surface area (Å²) in [6.07, 6.45) is -1.86. The molecule has 4 nitrogen and oxygen atoms in total. The predicted octanol–water partition coefficient (Wildman–Crippen LogP) is 2.55. The van der Waals surface area contributed by atoms with Gasteiger partial charge in [-0.2, -0.15) is 13.2 Å². The van der Waals surface area contributed by atoms with E-state index >= 15 is 0 Å². The number of hydrogen-bond donors (Lipinski definition) is 2. The summed E-state index contributed by atoms with van der Waals surface area (Å²) in [5.74, 6) is -0.339. The maximum Gasteiger partial charge on any atom is 0.411 e. The third-order valence-corrected chi connectivity index (χ3v) is 3.45. The standard InChI is InChI=1S/C13H23F3N2O2S/c1-3-5-12(6-4-2,10(17)21)11(19)18-7-8-20-9-13(14,15)16/h3-9H2,1-2H3,(H2,17,21)(H,18,19). The molecule has 0 heterocycles. The zero-order valence-corrected chi connectivity index (χ0v) is 13.2. The monoisotopic (exact) mass is 328 g/mol. The lowest BCUT2D eigenvalue weighted by Gasteiger charge is -2.31. The van der Waals surface area contributed by atoms with Crippen molar-refractivity contribution in [2.45, 2.75) is 45.7 Å². The second-order valence-corrected chi connectivity index (χ2v) is 5.31. The Morgan fingerprint density at radius 1 is 1.24 bits per heavy atom. The third-order valence-electron chi connectivity index (χ3n) is 3.06. The van der Waals surface area contributed by atoms with Crippen LogP contribution in [0, 0.1) is 5.41 Å². The number of nitrogens with one attached hydrogen (secondary N) is 1. The van der Waals surface area contributed by atoms with Crippen LogP contribution in [0.5, 0.6) is 0 Å². The van der Waals surface area contributed by atoms with Gasteiger partial charge in [-0.05, 0) is 12.8 Å². The first kappa shape index (κ1) is 20.1. The summed E-state index contributed by atoms with van der Waals surface area (Å²) >= 11 is 5.02. The quantitative estimate of drug-likeness (QED) is 0.478. The van der Waals surface area contributed by atoms with Gasteiger partial charge >= 0.3 is 6.18 Å². The Labute approximate surface area is 128 Å². The van der Waals surface area contributed by atoms with Crippen molar-refractivity contribution in [1.29, 1.82) is 0 Å². The molecule has 0 spiro atoms. The van der Waals surface area contributed by atoms with E-state index in [1.54, 1.807) is 0 Å². The highest BCUT2D eigenvalue weighted by Crippen LogP contribution is 2.30. The van der Waals surface area contributed by atoms with E-state index in [2.05, 4.69) is 10.1 Å². The summed E-state index contributed by atoms with van der Waals surface area (Å²) in [6.45, 7) is 2.29. The lowest BCUT2D eigenvalue weighted by molar-refractivity contribution is -0.173. The Hall–Kier alpha value is -0.890. The van der Waals surface area contributed by atoms with E-state index in [-0.39, 0.29) is 24.0 Å². The minimum Gasteiger partial charge on any atom is -0.392 e. The number of hydrogen-bond acceptors (Lipinski definition) is 3. The molecule has 0 aromatic heterocycles. The first-order chi connectivity index (χ1) is 9.69. The molecule has 0 unspecified atom stereocenters. The molecule has 0 bridgehead atoms. The number of ether oxygens (including phenoxy) is 1. The van der Waals surface area contributed by atoms with Crippen LogP contribution in [0.3, 0.4) is 0 Å². The molecule has 0 aliphatic rings. The SMILES string of the molecule is CCCC(CCC)(C(=O)NCCOCC(F)(F)F)C(N)=S. The maximum atomic E-state index is 12.3. The van der Waals surface area contributed by atoms with Gasteiger partial charge < -0.3 is 15.8 Å². The molecule has 0 atom stereocenters. The van der Waals surface area contributed by atoms with E-state index < -0.39 is 18.2 Å². The number of carbonyl (C=O) groups is 1. The number of amides is 1. The van der Waals surface area contributed by atoms with Crippen LogP contribution in [-0.2, 0) is 9.53 Å². The summed E-state index contributed by atoms with van der Waals surface area (Å²) in [5.41, 5.74) is 4.80. The maximum absolute atomic E-state index is 12.3. The molecule has 0 aliphatic carbocycles. The van der Waals surface area contributed by atoms with Crippen LogP contribution in [0.4, 0.5) is 13.2 Å². The molecule has 1 amide bonds. The molecule has 0 saturated carbocycles. The highest BCUT2D eigenvalue weighted by atomic mass is 32.1. The minimum atomic E-state index is -4.36. The van der Waals surface area contributed by atoms with Crippen molar-refractivity contribution in [3.05, 3.63) is 0 Å². The molecule has 0 aromatic rings. The van der Waals surface area contributed by atoms with Crippen LogP contribution < -0.4 is 11.1 Å². The first-order valence-corrected chi connectivity index (χ1v) is 7.33. The smallest absolute Gasteiger partial charge is 0.392 e. The van der Waals surface area contributed by atoms with Gasteiger partial charge in [0, 0.05) is 6.54 Å². The average molecular weight is 328 g/mol. The fourth-order valence-corrected chi connectivity index (χ4v) is 2.45. The zero-order valence-electron chi connectivity index (χ0n) is 12.4. The Kier molecular flexibility index (Phi) is 8.80. The van der Waals surface area contributed by atoms with Crippen LogP contribution in [0.25, 0.3) is 0 Å². The second kappa shape index (κ2) is 9.19. The van der Waals surface area contributed by atoms with Crippen molar-refractivity contribution in [2.24, 2.45) is 11.1 Å². The van der Waals surface area contributed by atoms with Gasteiger partial charge in [0.15, 0.2) is 0 Å². The largest absolute Gasteiger partial charge is 0.411 e. The van der Waals surface area contributed by atoms with Gasteiger partial charge in [0.05, 0.1) is 17.0 Å². The molecule has 0 saturated heterocycles. The van der Waals surface area contributed by atoms with Crippen LogP contribution in [0.15, 0.2) is 0 Å². The fraction of sp³-hybridized carbons (Fsp3) is 0.846. The summed E-state index contributed by atoms with van der Waals surface area (Å²) in [7, 11) is 0. The van der Waals surface area contributed by atoms with E-state index in [9.17, 15) is 18.0 Å². The summed E-state index contributed by atoms with van der Waals surface area (Å²) in [4.78, 5) is 12.4. The minimum absolute atomic E-state index is 0.00724. The molecular weight excluding hydrogens is 305 g/mol. The Bertz CT molecular complexity index is 343. The number of nitrogens with two attached hydrogens (primary N) is 1. The van der Waals surface area contributed by atoms with Crippen molar-refractivity contribution in [3.63, 3.8) is 0 Å². The number of rotatable bonds is 10. The molecule has 3 N–H and O–H groups in total. The lowest BCUT2D eigenvalue weighted by Crippen LogP contribution is -2.49. The van der Waals surface area contributed by atoms with Crippen LogP contribution in [0.2, 0.25) is 0 Å². The predicted molar refractivity (Wildman–Crippen MR) is 78.9 cm³/mol. The van der Waals surface area contributed by atoms with Gasteiger partial charge in [-0.15, -0.1) is 0 Å². The third kappa shape index (κ3) is 7.08. The molecule has 0 aliphatic heterocycles. The number of halogens is 3. The molecule has 0 fully saturated rings. The van der Waals surface area contributed by atoms with Crippen molar-refractivity contribution >= 4 is 23.1 Å². The van der Waals surface area contributed by atoms with Gasteiger partial charge in [0.1, 0.15) is 6.61 Å². The lowest BCUT2D eigenvalue weighted by atomic mass is 9.78. The van der Waals surface area contributed by atoms with E-state index in [0.717, 1.165) is 12.8 Å². The van der Waals surface area contributed by atoms with Crippen molar-refractivity contribution in [2.75, 3.05) is 19.8 Å². The summed E-state index contributed by atoms with van der Waals surface area (Å²) in [6, 6.07) is 0. The fourth-order valence-electron chi connectivity index (χ4n) is 2.16. The topological polar surface area (TPSA) is 64.3 Å². The van der Waals surface area contributed by atoms with Gasteiger partial charge in [-0.25, -0.2) is 0 Å². The Morgan fingerprint density at radius 3 is 2.14 bits per heavy atom. The highest BCUT2D eigenvalue weighted by molar-refractivity contribution is 7.80. The average Bonchev–Trinajstić information content (AvgIpc) is 2.36. The molecular formula is C13H23F3N2O2S. The van der Waals surface area contributed by atoms with E-state index in [1.807, 2.05) is 13.8 Å². The van der Waals surface area contributed by atoms with E-state index in [0.29, 0.717) is 12.8 Å². The molecule has 8 heteroatoms. The van der Waals surface area contributed by atoms with Crippen molar-refractivity contribution in [1.82, 2.24) is 5.32 Å². The van der Waals surface area contributed by atoms with Gasteiger partial charge in [0.2, 0.25) is 5.91 Å². The molecule has 0 aromatic carbocycles. The van der Waals surface area contributed by atoms with Crippen LogP contribution >= 0.6 is 12.2 Å². The number of carbonyl (C=O) groups excluding carboxylic acids is 1. The molecule has 124 valence electrons.